The smallest absolute Gasteiger partial charge is 0.351 e. The fraction of sp³-hybridized carbons (Fsp3) is 0.538. The first-order valence-corrected chi connectivity index (χ1v) is 14.9. The van der Waals surface area contributed by atoms with Crippen LogP contribution in [0.3, 0.4) is 0 Å². The molecule has 0 bridgehead atoms. The minimum absolute atomic E-state index is 0.623. The third kappa shape index (κ3) is 5.60. The van der Waals surface area contributed by atoms with E-state index < -0.39 is 25.7 Å². The second-order valence-corrected chi connectivity index (χ2v) is 15.9. The molecule has 0 aliphatic rings. The average molecular weight is 331 g/mol. The summed E-state index contributed by atoms with van der Waals surface area (Å²) in [5.41, 5.74) is 0. The lowest BCUT2D eigenvalue weighted by Crippen LogP contribution is -2.62. The first-order chi connectivity index (χ1) is 9.08. The van der Waals surface area contributed by atoms with Crippen LogP contribution < -0.4 is 5.19 Å². The summed E-state index contributed by atoms with van der Waals surface area (Å²) >= 11 is 0. The van der Waals surface area contributed by atoms with E-state index in [0.29, 0.717) is 6.61 Å². The molecule has 0 radical (unpaired) electrons. The van der Waals surface area contributed by atoms with Crippen LogP contribution in [-0.4, -0.2) is 37.1 Å². The second kappa shape index (κ2) is 6.65. The Morgan fingerprint density at radius 2 is 1.50 bits per heavy atom. The van der Waals surface area contributed by atoms with Gasteiger partial charge in [-0.05, 0) is 44.8 Å². The van der Waals surface area contributed by atoms with Crippen molar-refractivity contribution < 1.29 is 17.5 Å². The normalized spacial score (nSPS) is 15.9. The zero-order valence-electron chi connectivity index (χ0n) is 13.3. The molecular weight excluding hydrogens is 304 g/mol. The average Bonchev–Trinajstić information content (AvgIpc) is 2.26. The molecule has 1 atom stereocenters. The van der Waals surface area contributed by atoms with Gasteiger partial charge in [0.2, 0.25) is 0 Å². The Hall–Kier alpha value is -0.289. The molecule has 0 heterocycles. The third-order valence-electron chi connectivity index (χ3n) is 2.68. The zero-order chi connectivity index (χ0) is 15.4. The van der Waals surface area contributed by atoms with E-state index in [2.05, 4.69) is 0 Å². The number of hydrogen-bond acceptors (Lipinski definition) is 4. The highest BCUT2D eigenvalue weighted by molar-refractivity contribution is 6.92. The lowest BCUT2D eigenvalue weighted by molar-refractivity contribution is 0.237. The molecule has 0 aliphatic heterocycles. The first kappa shape index (κ1) is 17.8. The van der Waals surface area contributed by atoms with Crippen molar-refractivity contribution >= 4 is 30.9 Å². The van der Waals surface area contributed by atoms with Crippen molar-refractivity contribution in [1.82, 2.24) is 0 Å². The Labute approximate surface area is 125 Å². The van der Waals surface area contributed by atoms with E-state index in [-0.39, 0.29) is 0 Å². The van der Waals surface area contributed by atoms with Gasteiger partial charge in [-0.15, -0.1) is 0 Å². The molecule has 0 spiro atoms. The topological polar surface area (TPSA) is 47.9 Å². The van der Waals surface area contributed by atoms with Crippen LogP contribution in [0.4, 0.5) is 0 Å². The standard InChI is InChI=1S/C13H26O4Si3/c1-7-15-19(4,5)17-20(6,16-18(2,3)14)13-11-9-8-10-12-13/h8-12,14H,7H2,1-6H3. The number of hydrogen-bond donors (Lipinski definition) is 1. The Balaban J connectivity index is 3.08. The summed E-state index contributed by atoms with van der Waals surface area (Å²) in [4.78, 5) is 10.2. The second-order valence-electron chi connectivity index (χ2n) is 5.80. The van der Waals surface area contributed by atoms with Gasteiger partial charge in [-0.3, -0.25) is 0 Å². The summed E-state index contributed by atoms with van der Waals surface area (Å²) in [6, 6.07) is 9.90. The molecular formula is C13H26O4Si3. The SMILES string of the molecule is CCO[Si](C)(C)O[Si](C)(O[Si](C)(C)O)c1ccccc1. The van der Waals surface area contributed by atoms with Gasteiger partial charge in [0, 0.05) is 6.61 Å². The molecule has 7 heteroatoms. The molecule has 0 aliphatic carbocycles. The lowest BCUT2D eigenvalue weighted by atomic mass is 10.4. The van der Waals surface area contributed by atoms with E-state index in [0.717, 1.165) is 5.19 Å². The van der Waals surface area contributed by atoms with Gasteiger partial charge in [-0.2, -0.15) is 0 Å². The molecule has 4 nitrogen and oxygen atoms in total. The van der Waals surface area contributed by atoms with Gasteiger partial charge in [0.25, 0.3) is 0 Å². The van der Waals surface area contributed by atoms with Gasteiger partial charge in [0.15, 0.2) is 0 Å². The predicted octanol–water partition coefficient (Wildman–Crippen LogP) is 2.43. The van der Waals surface area contributed by atoms with Gasteiger partial charge >= 0.3 is 25.7 Å². The van der Waals surface area contributed by atoms with E-state index in [4.69, 9.17) is 12.7 Å². The summed E-state index contributed by atoms with van der Waals surface area (Å²) in [7, 11) is -7.65. The van der Waals surface area contributed by atoms with Crippen molar-refractivity contribution in [3.05, 3.63) is 30.3 Å². The fourth-order valence-corrected chi connectivity index (χ4v) is 13.0. The van der Waals surface area contributed by atoms with E-state index in [1.807, 2.05) is 56.9 Å². The number of rotatable bonds is 7. The largest absolute Gasteiger partial charge is 0.412 e. The summed E-state index contributed by atoms with van der Waals surface area (Å²) in [6.07, 6.45) is 0. The molecule has 0 saturated heterocycles. The van der Waals surface area contributed by atoms with Gasteiger partial charge in [0.1, 0.15) is 0 Å². The van der Waals surface area contributed by atoms with Crippen LogP contribution in [0.25, 0.3) is 0 Å². The lowest BCUT2D eigenvalue weighted by Gasteiger charge is -2.38. The predicted molar refractivity (Wildman–Crippen MR) is 88.7 cm³/mol. The molecule has 0 fully saturated rings. The van der Waals surface area contributed by atoms with Crippen molar-refractivity contribution in [3.63, 3.8) is 0 Å². The van der Waals surface area contributed by atoms with Crippen LogP contribution in [-0.2, 0) is 12.7 Å². The summed E-state index contributed by atoms with van der Waals surface area (Å²) in [6.45, 7) is 12.1. The van der Waals surface area contributed by atoms with Crippen LogP contribution >= 0.6 is 0 Å². The molecule has 0 aromatic heterocycles. The van der Waals surface area contributed by atoms with Gasteiger partial charge in [-0.25, -0.2) is 0 Å². The van der Waals surface area contributed by atoms with Crippen molar-refractivity contribution in [2.75, 3.05) is 6.61 Å². The highest BCUT2D eigenvalue weighted by Crippen LogP contribution is 2.20. The first-order valence-electron chi connectivity index (χ1n) is 6.90. The minimum Gasteiger partial charge on any atom is -0.412 e. The summed E-state index contributed by atoms with van der Waals surface area (Å²) < 4.78 is 18.2. The van der Waals surface area contributed by atoms with E-state index in [9.17, 15) is 4.80 Å². The zero-order valence-corrected chi connectivity index (χ0v) is 16.3. The van der Waals surface area contributed by atoms with E-state index >= 15 is 0 Å². The Morgan fingerprint density at radius 3 is 1.95 bits per heavy atom. The van der Waals surface area contributed by atoms with Crippen LogP contribution in [0.15, 0.2) is 30.3 Å². The fourth-order valence-electron chi connectivity index (χ4n) is 2.20. The van der Waals surface area contributed by atoms with E-state index in [1.165, 1.54) is 0 Å². The minimum atomic E-state index is -2.69. The Bertz CT molecular complexity index is 419. The van der Waals surface area contributed by atoms with Gasteiger partial charge in [0.05, 0.1) is 0 Å². The Morgan fingerprint density at radius 1 is 0.950 bits per heavy atom. The van der Waals surface area contributed by atoms with Crippen molar-refractivity contribution in [2.45, 2.75) is 39.7 Å². The maximum Gasteiger partial charge on any atom is 0.351 e. The van der Waals surface area contributed by atoms with E-state index in [1.54, 1.807) is 13.1 Å². The highest BCUT2D eigenvalue weighted by Gasteiger charge is 2.45. The molecule has 114 valence electrons. The van der Waals surface area contributed by atoms with Crippen LogP contribution in [0.1, 0.15) is 6.92 Å². The maximum absolute atomic E-state index is 10.2. The van der Waals surface area contributed by atoms with Gasteiger partial charge in [-0.1, -0.05) is 30.3 Å². The summed E-state index contributed by atoms with van der Waals surface area (Å²) in [5.74, 6) is 0. The van der Waals surface area contributed by atoms with Crippen molar-refractivity contribution in [2.24, 2.45) is 0 Å². The highest BCUT2D eigenvalue weighted by atomic mass is 28.5. The van der Waals surface area contributed by atoms with Crippen LogP contribution in [0.2, 0.25) is 32.7 Å². The quantitative estimate of drug-likeness (QED) is 0.780. The molecule has 1 N–H and O–H groups in total. The molecule has 20 heavy (non-hydrogen) atoms. The Kier molecular flexibility index (Phi) is 5.90. The molecule has 1 aromatic rings. The molecule has 0 saturated carbocycles. The van der Waals surface area contributed by atoms with Crippen molar-refractivity contribution in [1.29, 1.82) is 0 Å². The molecule has 0 amide bonds. The van der Waals surface area contributed by atoms with Crippen LogP contribution in [0, 0.1) is 0 Å². The molecule has 1 rings (SSSR count). The van der Waals surface area contributed by atoms with Crippen molar-refractivity contribution in [3.8, 4) is 0 Å². The maximum atomic E-state index is 10.2. The molecule has 1 aromatic carbocycles. The summed E-state index contributed by atoms with van der Waals surface area (Å²) in [5, 5.41) is 1.02. The van der Waals surface area contributed by atoms with Gasteiger partial charge < -0.3 is 17.5 Å². The number of benzene rings is 1. The monoisotopic (exact) mass is 330 g/mol. The third-order valence-corrected chi connectivity index (χ3v) is 12.1. The van der Waals surface area contributed by atoms with Crippen LogP contribution in [0.5, 0.6) is 0 Å². The molecule has 1 unspecified atom stereocenters.